The van der Waals surface area contributed by atoms with E-state index in [1.54, 1.807) is 0 Å². The molecule has 0 saturated carbocycles. The first-order chi connectivity index (χ1) is 7.02. The van der Waals surface area contributed by atoms with Gasteiger partial charge >= 0.3 is 0 Å². The average molecular weight is 204 g/mol. The van der Waals surface area contributed by atoms with Crippen molar-refractivity contribution in [2.24, 2.45) is 0 Å². The SMILES string of the molecule is CC1(C)CNC(C)(c2ccccc2)CN1. The Bertz CT molecular complexity index is 320. The van der Waals surface area contributed by atoms with Crippen molar-refractivity contribution in [2.45, 2.75) is 31.8 Å². The third-order valence-electron chi connectivity index (χ3n) is 3.25. The van der Waals surface area contributed by atoms with Gasteiger partial charge in [-0.25, -0.2) is 0 Å². The summed E-state index contributed by atoms with van der Waals surface area (Å²) in [6.45, 7) is 8.68. The zero-order valence-corrected chi connectivity index (χ0v) is 9.80. The summed E-state index contributed by atoms with van der Waals surface area (Å²) in [6.07, 6.45) is 0. The topological polar surface area (TPSA) is 24.1 Å². The second-order valence-electron chi connectivity index (χ2n) is 5.29. The van der Waals surface area contributed by atoms with E-state index in [0.29, 0.717) is 0 Å². The number of piperazine rings is 1. The first kappa shape index (κ1) is 10.7. The molecule has 1 heterocycles. The highest BCUT2D eigenvalue weighted by molar-refractivity contribution is 5.25. The van der Waals surface area contributed by atoms with Crippen LogP contribution in [0.15, 0.2) is 30.3 Å². The van der Waals surface area contributed by atoms with Crippen LogP contribution in [0.4, 0.5) is 0 Å². The molecular formula is C13H20N2. The summed E-state index contributed by atoms with van der Waals surface area (Å²) in [4.78, 5) is 0. The summed E-state index contributed by atoms with van der Waals surface area (Å²) in [5, 5.41) is 7.22. The van der Waals surface area contributed by atoms with E-state index in [0.717, 1.165) is 13.1 Å². The maximum atomic E-state index is 3.64. The lowest BCUT2D eigenvalue weighted by molar-refractivity contribution is 0.205. The summed E-state index contributed by atoms with van der Waals surface area (Å²) < 4.78 is 0. The van der Waals surface area contributed by atoms with Crippen LogP contribution in [0, 0.1) is 0 Å². The molecule has 15 heavy (non-hydrogen) atoms. The Morgan fingerprint density at radius 3 is 2.13 bits per heavy atom. The first-order valence-electron chi connectivity index (χ1n) is 5.57. The highest BCUT2D eigenvalue weighted by atomic mass is 15.1. The second-order valence-corrected chi connectivity index (χ2v) is 5.29. The van der Waals surface area contributed by atoms with Crippen molar-refractivity contribution < 1.29 is 0 Å². The van der Waals surface area contributed by atoms with Crippen LogP contribution in [0.3, 0.4) is 0 Å². The molecule has 1 aromatic rings. The summed E-state index contributed by atoms with van der Waals surface area (Å²) in [5.74, 6) is 0. The van der Waals surface area contributed by atoms with Crippen LogP contribution in [0.1, 0.15) is 26.3 Å². The maximum Gasteiger partial charge on any atom is 0.0533 e. The molecule has 1 aliphatic heterocycles. The molecule has 1 unspecified atom stereocenters. The van der Waals surface area contributed by atoms with Crippen LogP contribution in [0.5, 0.6) is 0 Å². The largest absolute Gasteiger partial charge is 0.308 e. The van der Waals surface area contributed by atoms with E-state index in [2.05, 4.69) is 61.7 Å². The number of hydrogen-bond donors (Lipinski definition) is 2. The zero-order chi connectivity index (χ0) is 10.9. The molecule has 2 nitrogen and oxygen atoms in total. The molecule has 2 heteroatoms. The minimum Gasteiger partial charge on any atom is -0.308 e. The number of rotatable bonds is 1. The molecule has 1 fully saturated rings. The zero-order valence-electron chi connectivity index (χ0n) is 9.80. The van der Waals surface area contributed by atoms with Gasteiger partial charge in [-0.2, -0.15) is 0 Å². The number of hydrogen-bond acceptors (Lipinski definition) is 2. The van der Waals surface area contributed by atoms with E-state index in [9.17, 15) is 0 Å². The van der Waals surface area contributed by atoms with Gasteiger partial charge in [0.2, 0.25) is 0 Å². The van der Waals surface area contributed by atoms with Gasteiger partial charge in [0.25, 0.3) is 0 Å². The highest BCUT2D eigenvalue weighted by Gasteiger charge is 2.34. The molecule has 0 bridgehead atoms. The number of benzene rings is 1. The Hall–Kier alpha value is -0.860. The molecule has 2 N–H and O–H groups in total. The predicted octanol–water partition coefficient (Wildman–Crippen LogP) is 1.87. The van der Waals surface area contributed by atoms with Gasteiger partial charge in [-0.1, -0.05) is 30.3 Å². The van der Waals surface area contributed by atoms with Gasteiger partial charge in [-0.05, 0) is 26.3 Å². The Labute approximate surface area is 92.1 Å². The standard InChI is InChI=1S/C13H20N2/c1-12(2)9-15-13(3,10-14-12)11-7-5-4-6-8-11/h4-8,14-15H,9-10H2,1-3H3. The van der Waals surface area contributed by atoms with Gasteiger partial charge in [-0.15, -0.1) is 0 Å². The lowest BCUT2D eigenvalue weighted by Crippen LogP contribution is -2.64. The van der Waals surface area contributed by atoms with Crippen LogP contribution in [0.2, 0.25) is 0 Å². The van der Waals surface area contributed by atoms with Gasteiger partial charge in [0.05, 0.1) is 5.54 Å². The Morgan fingerprint density at radius 1 is 0.933 bits per heavy atom. The molecule has 0 aliphatic carbocycles. The van der Waals surface area contributed by atoms with E-state index in [1.807, 2.05) is 0 Å². The van der Waals surface area contributed by atoms with Gasteiger partial charge in [-0.3, -0.25) is 0 Å². The van der Waals surface area contributed by atoms with Crippen molar-refractivity contribution in [3.8, 4) is 0 Å². The number of nitrogens with one attached hydrogen (secondary N) is 2. The van der Waals surface area contributed by atoms with E-state index >= 15 is 0 Å². The van der Waals surface area contributed by atoms with Gasteiger partial charge in [0.15, 0.2) is 0 Å². The fourth-order valence-electron chi connectivity index (χ4n) is 1.97. The van der Waals surface area contributed by atoms with E-state index in [-0.39, 0.29) is 11.1 Å². The molecule has 2 rings (SSSR count). The third-order valence-corrected chi connectivity index (χ3v) is 3.25. The quantitative estimate of drug-likeness (QED) is 0.730. The van der Waals surface area contributed by atoms with Crippen LogP contribution in [-0.4, -0.2) is 18.6 Å². The molecule has 0 spiro atoms. The Morgan fingerprint density at radius 2 is 1.60 bits per heavy atom. The van der Waals surface area contributed by atoms with Crippen LogP contribution >= 0.6 is 0 Å². The van der Waals surface area contributed by atoms with Crippen molar-refractivity contribution in [3.63, 3.8) is 0 Å². The molecule has 82 valence electrons. The van der Waals surface area contributed by atoms with E-state index in [4.69, 9.17) is 0 Å². The normalized spacial score (nSPS) is 30.1. The molecule has 0 amide bonds. The van der Waals surface area contributed by atoms with Crippen molar-refractivity contribution in [1.29, 1.82) is 0 Å². The molecule has 0 radical (unpaired) electrons. The third kappa shape index (κ3) is 2.21. The molecular weight excluding hydrogens is 184 g/mol. The molecule has 1 atom stereocenters. The highest BCUT2D eigenvalue weighted by Crippen LogP contribution is 2.24. The molecule has 1 aliphatic rings. The molecule has 0 aromatic heterocycles. The van der Waals surface area contributed by atoms with Crippen molar-refractivity contribution in [2.75, 3.05) is 13.1 Å². The van der Waals surface area contributed by atoms with Gasteiger partial charge < -0.3 is 10.6 Å². The summed E-state index contributed by atoms with van der Waals surface area (Å²) in [5.41, 5.74) is 1.62. The van der Waals surface area contributed by atoms with Crippen molar-refractivity contribution in [1.82, 2.24) is 10.6 Å². The van der Waals surface area contributed by atoms with E-state index in [1.165, 1.54) is 5.56 Å². The second kappa shape index (κ2) is 3.62. The van der Waals surface area contributed by atoms with Gasteiger partial charge in [0.1, 0.15) is 0 Å². The van der Waals surface area contributed by atoms with Crippen LogP contribution < -0.4 is 10.6 Å². The van der Waals surface area contributed by atoms with Crippen LogP contribution in [-0.2, 0) is 5.54 Å². The van der Waals surface area contributed by atoms with Crippen LogP contribution in [0.25, 0.3) is 0 Å². The molecule has 1 saturated heterocycles. The minimum atomic E-state index is 0.0662. The monoisotopic (exact) mass is 204 g/mol. The predicted molar refractivity (Wildman–Crippen MR) is 63.9 cm³/mol. The summed E-state index contributed by atoms with van der Waals surface area (Å²) in [7, 11) is 0. The average Bonchev–Trinajstić information content (AvgIpc) is 2.24. The van der Waals surface area contributed by atoms with Crippen molar-refractivity contribution >= 4 is 0 Å². The Kier molecular flexibility index (Phi) is 2.57. The maximum absolute atomic E-state index is 3.64. The van der Waals surface area contributed by atoms with Crippen molar-refractivity contribution in [3.05, 3.63) is 35.9 Å². The fourth-order valence-corrected chi connectivity index (χ4v) is 1.97. The lowest BCUT2D eigenvalue weighted by atomic mass is 9.87. The summed E-state index contributed by atoms with van der Waals surface area (Å²) >= 11 is 0. The molecule has 1 aromatic carbocycles. The Balaban J connectivity index is 2.17. The minimum absolute atomic E-state index is 0.0662. The fraction of sp³-hybridized carbons (Fsp3) is 0.538. The lowest BCUT2D eigenvalue weighted by Gasteiger charge is -2.44. The first-order valence-corrected chi connectivity index (χ1v) is 5.57. The van der Waals surface area contributed by atoms with E-state index < -0.39 is 0 Å². The summed E-state index contributed by atoms with van der Waals surface area (Å²) in [6, 6.07) is 10.6. The smallest absolute Gasteiger partial charge is 0.0533 e. The van der Waals surface area contributed by atoms with Gasteiger partial charge in [0, 0.05) is 18.6 Å².